The molecule has 0 spiro atoms. The maximum Gasteiger partial charge on any atom is 0.226 e. The van der Waals surface area contributed by atoms with E-state index in [1.807, 2.05) is 18.0 Å². The number of aromatic nitrogens is 1. The van der Waals surface area contributed by atoms with E-state index in [2.05, 4.69) is 24.1 Å². The number of carbonyl (C=O) groups excluding carboxylic acids is 2. The van der Waals surface area contributed by atoms with Crippen LogP contribution in [0.2, 0.25) is 0 Å². The van der Waals surface area contributed by atoms with Gasteiger partial charge in [0.25, 0.3) is 0 Å². The zero-order valence-corrected chi connectivity index (χ0v) is 21.0. The van der Waals surface area contributed by atoms with Crippen molar-refractivity contribution in [3.63, 3.8) is 0 Å². The predicted molar refractivity (Wildman–Crippen MR) is 130 cm³/mol. The average molecular weight is 481 g/mol. The Balaban J connectivity index is 1.33. The molecule has 1 N–H and O–H groups in total. The summed E-state index contributed by atoms with van der Waals surface area (Å²) in [6.45, 7) is 4.73. The molecule has 3 aliphatic carbocycles. The van der Waals surface area contributed by atoms with Crippen LogP contribution in [0, 0.1) is 45.8 Å². The lowest BCUT2D eigenvalue weighted by molar-refractivity contribution is -0.136. The van der Waals surface area contributed by atoms with Gasteiger partial charge in [-0.05, 0) is 79.7 Å². The molecule has 0 aromatic carbocycles. The molecule has 1 aromatic rings. The molecule has 5 rings (SSSR count). The van der Waals surface area contributed by atoms with Crippen LogP contribution in [0.15, 0.2) is 29.1 Å². The van der Waals surface area contributed by atoms with E-state index in [9.17, 15) is 9.59 Å². The highest BCUT2D eigenvalue weighted by atomic mass is 35.5. The van der Waals surface area contributed by atoms with Gasteiger partial charge in [-0.1, -0.05) is 25.4 Å². The van der Waals surface area contributed by atoms with Crippen LogP contribution in [0.1, 0.15) is 70.9 Å². The smallest absolute Gasteiger partial charge is 0.226 e. The topological polar surface area (TPSA) is 86.1 Å². The van der Waals surface area contributed by atoms with E-state index in [0.717, 1.165) is 49.3 Å². The first-order valence-corrected chi connectivity index (χ1v) is 12.9. The Hall–Kier alpha value is -2.39. The van der Waals surface area contributed by atoms with Crippen molar-refractivity contribution in [2.24, 2.45) is 34.5 Å². The number of fused-ring (bicyclic) bond motifs is 5. The second-order valence-electron chi connectivity index (χ2n) is 11.3. The van der Waals surface area contributed by atoms with Crippen molar-refractivity contribution in [1.29, 1.82) is 5.26 Å². The molecule has 6 atom stereocenters. The van der Waals surface area contributed by atoms with Gasteiger partial charge in [-0.15, -0.1) is 0 Å². The van der Waals surface area contributed by atoms with Crippen LogP contribution >= 0.6 is 11.6 Å². The number of allylic oxidation sites excluding steroid dienone is 2. The third-order valence-electron chi connectivity index (χ3n) is 9.83. The van der Waals surface area contributed by atoms with Gasteiger partial charge in [-0.25, -0.2) is 4.98 Å². The fourth-order valence-electron chi connectivity index (χ4n) is 8.09. The summed E-state index contributed by atoms with van der Waals surface area (Å²) in [6.07, 6.45) is 8.83. The fraction of sp³-hybridized carbons (Fsp3) is 0.630. The molecule has 34 heavy (non-hydrogen) atoms. The predicted octanol–water partition coefficient (Wildman–Crippen LogP) is 5.45. The van der Waals surface area contributed by atoms with Crippen molar-refractivity contribution in [3.05, 3.63) is 34.8 Å². The first kappa shape index (κ1) is 23.4. The molecule has 180 valence electrons. The first-order valence-electron chi connectivity index (χ1n) is 12.5. The van der Waals surface area contributed by atoms with Crippen molar-refractivity contribution in [2.75, 3.05) is 12.4 Å². The van der Waals surface area contributed by atoms with Crippen LogP contribution in [0.25, 0.3) is 0 Å². The van der Waals surface area contributed by atoms with Crippen molar-refractivity contribution in [2.45, 2.75) is 65.2 Å². The molecule has 6 nitrogen and oxygen atoms in total. The maximum absolute atomic E-state index is 12.9. The number of amides is 2. The lowest BCUT2D eigenvalue weighted by atomic mass is 9.49. The summed E-state index contributed by atoms with van der Waals surface area (Å²) >= 11 is 6.92. The molecular formula is C27H33ClN4O2. The summed E-state index contributed by atoms with van der Waals surface area (Å²) in [7, 11) is 1.89. The van der Waals surface area contributed by atoms with Gasteiger partial charge in [0.15, 0.2) is 0 Å². The van der Waals surface area contributed by atoms with Gasteiger partial charge in [-0.3, -0.25) is 9.59 Å². The monoisotopic (exact) mass is 480 g/mol. The molecule has 2 saturated carbocycles. The summed E-state index contributed by atoms with van der Waals surface area (Å²) in [5.41, 5.74) is 2.13. The highest BCUT2D eigenvalue weighted by Crippen LogP contribution is 2.67. The van der Waals surface area contributed by atoms with Gasteiger partial charge in [-0.2, -0.15) is 5.26 Å². The summed E-state index contributed by atoms with van der Waals surface area (Å²) < 4.78 is 0. The summed E-state index contributed by atoms with van der Waals surface area (Å²) in [5, 5.41) is 12.8. The minimum Gasteiger partial charge on any atom is -0.325 e. The number of anilines is 1. The molecule has 3 fully saturated rings. The normalized spacial score (nSPS) is 36.9. The minimum absolute atomic E-state index is 0.0174. The van der Waals surface area contributed by atoms with E-state index < -0.39 is 0 Å². The lowest BCUT2D eigenvalue weighted by Crippen LogP contribution is -2.54. The number of rotatable bonds is 3. The zero-order chi connectivity index (χ0) is 24.3. The number of hydrogen-bond acceptors (Lipinski definition) is 4. The summed E-state index contributed by atoms with van der Waals surface area (Å²) in [6, 6.07) is 5.35. The number of pyridine rings is 1. The second kappa shape index (κ2) is 8.37. The van der Waals surface area contributed by atoms with Crippen LogP contribution in [-0.2, 0) is 9.59 Å². The standard InChI is InChI=1S/C27H33ClN4O2/c1-26-10-8-21-19(13-22(28)25-27(21,2)11-9-24(34)32(25)3)20(26)7-4-16(26)12-23(33)31-18-6-5-17(14-29)30-15-18/h5-6,15-16,19-21H,4,7-13H2,1-3H3,(H,31,33)/t16?,19-,20-,21-,26+,27+/m0/s1. The minimum atomic E-state index is -0.0396. The van der Waals surface area contributed by atoms with E-state index in [1.165, 1.54) is 0 Å². The Labute approximate surface area is 206 Å². The molecular weight excluding hydrogens is 448 g/mol. The van der Waals surface area contributed by atoms with Crippen LogP contribution in [-0.4, -0.2) is 28.7 Å². The van der Waals surface area contributed by atoms with Crippen LogP contribution < -0.4 is 5.32 Å². The average Bonchev–Trinajstić information content (AvgIpc) is 3.13. The molecule has 1 aromatic heterocycles. The SMILES string of the molecule is CN1C(=O)CC[C@@]2(C)C1=C(Cl)C[C@@H]1[C@@H]2CC[C@]2(C)C(CC(=O)Nc3ccc(C#N)nc3)CC[C@@H]12. The van der Waals surface area contributed by atoms with E-state index >= 15 is 0 Å². The molecule has 1 aliphatic heterocycles. The number of nitriles is 1. The molecule has 7 heteroatoms. The molecule has 0 bridgehead atoms. The number of nitrogens with one attached hydrogen (secondary N) is 1. The summed E-state index contributed by atoms with van der Waals surface area (Å²) in [4.78, 5) is 31.2. The van der Waals surface area contributed by atoms with Crippen LogP contribution in [0.4, 0.5) is 5.69 Å². The molecule has 1 saturated heterocycles. The molecule has 4 aliphatic rings. The van der Waals surface area contributed by atoms with E-state index in [0.29, 0.717) is 47.9 Å². The highest BCUT2D eigenvalue weighted by Gasteiger charge is 2.60. The molecule has 0 radical (unpaired) electrons. The Morgan fingerprint density at radius 3 is 2.76 bits per heavy atom. The Kier molecular flexibility index (Phi) is 5.75. The third kappa shape index (κ3) is 3.55. The van der Waals surface area contributed by atoms with E-state index in [-0.39, 0.29) is 22.6 Å². The number of halogens is 1. The van der Waals surface area contributed by atoms with Crippen molar-refractivity contribution in [1.82, 2.24) is 9.88 Å². The zero-order valence-electron chi connectivity index (χ0n) is 20.2. The van der Waals surface area contributed by atoms with E-state index in [4.69, 9.17) is 16.9 Å². The quantitative estimate of drug-likeness (QED) is 0.622. The second-order valence-corrected chi connectivity index (χ2v) is 11.8. The van der Waals surface area contributed by atoms with Crippen molar-refractivity contribution in [3.8, 4) is 6.07 Å². The number of carbonyl (C=O) groups is 2. The van der Waals surface area contributed by atoms with Crippen LogP contribution in [0.5, 0.6) is 0 Å². The first-order chi connectivity index (χ1) is 16.2. The lowest BCUT2D eigenvalue weighted by Gasteiger charge is -2.59. The Morgan fingerprint density at radius 2 is 2.06 bits per heavy atom. The Bertz CT molecular complexity index is 1090. The van der Waals surface area contributed by atoms with Gasteiger partial charge < -0.3 is 10.2 Å². The van der Waals surface area contributed by atoms with Crippen LogP contribution in [0.3, 0.4) is 0 Å². The number of hydrogen-bond donors (Lipinski definition) is 1. The van der Waals surface area contributed by atoms with Crippen molar-refractivity contribution >= 4 is 29.1 Å². The fourth-order valence-corrected chi connectivity index (χ4v) is 8.61. The summed E-state index contributed by atoms with van der Waals surface area (Å²) in [5.74, 6) is 2.14. The van der Waals surface area contributed by atoms with Crippen molar-refractivity contribution < 1.29 is 9.59 Å². The molecule has 2 amide bonds. The molecule has 1 unspecified atom stereocenters. The van der Waals surface area contributed by atoms with Gasteiger partial charge >= 0.3 is 0 Å². The largest absolute Gasteiger partial charge is 0.325 e. The van der Waals surface area contributed by atoms with Gasteiger partial charge in [0.05, 0.1) is 11.9 Å². The van der Waals surface area contributed by atoms with Gasteiger partial charge in [0, 0.05) is 36.0 Å². The molecule has 2 heterocycles. The number of piperidine rings is 1. The van der Waals surface area contributed by atoms with E-state index in [1.54, 1.807) is 18.3 Å². The number of nitrogens with zero attached hydrogens (tertiary/aromatic N) is 3. The maximum atomic E-state index is 12.9. The number of likely N-dealkylation sites (tertiary alicyclic amines) is 1. The Morgan fingerprint density at radius 1 is 1.26 bits per heavy atom. The third-order valence-corrected chi connectivity index (χ3v) is 10.2. The van der Waals surface area contributed by atoms with Gasteiger partial charge in [0.2, 0.25) is 11.8 Å². The van der Waals surface area contributed by atoms with Gasteiger partial charge in [0.1, 0.15) is 11.8 Å². The highest BCUT2D eigenvalue weighted by molar-refractivity contribution is 6.30.